The Hall–Kier alpha value is -2.10. The summed E-state index contributed by atoms with van der Waals surface area (Å²) in [5.41, 5.74) is 0.282. The van der Waals surface area contributed by atoms with Crippen molar-refractivity contribution in [1.29, 1.82) is 0 Å². The molecule has 0 saturated heterocycles. The first kappa shape index (κ1) is 21.2. The lowest BCUT2D eigenvalue weighted by Crippen LogP contribution is -2.36. The van der Waals surface area contributed by atoms with Gasteiger partial charge in [0, 0.05) is 32.3 Å². The van der Waals surface area contributed by atoms with Crippen molar-refractivity contribution in [3.05, 3.63) is 33.6 Å². The van der Waals surface area contributed by atoms with Crippen molar-refractivity contribution in [2.75, 3.05) is 33.1 Å². The van der Waals surface area contributed by atoms with Gasteiger partial charge in [-0.15, -0.1) is 0 Å². The van der Waals surface area contributed by atoms with Gasteiger partial charge in [0.15, 0.2) is 5.16 Å². The van der Waals surface area contributed by atoms with E-state index in [0.717, 1.165) is 11.8 Å². The molecule has 0 fully saturated rings. The predicted molar refractivity (Wildman–Crippen MR) is 105 cm³/mol. The largest absolute Gasteiger partial charge is 0.385 e. The lowest BCUT2D eigenvalue weighted by Gasteiger charge is -2.13. The maximum Gasteiger partial charge on any atom is 0.262 e. The van der Waals surface area contributed by atoms with E-state index in [0.29, 0.717) is 40.7 Å². The number of thioether (sulfide) groups is 1. The quantitative estimate of drug-likeness (QED) is 0.362. The van der Waals surface area contributed by atoms with E-state index in [1.54, 1.807) is 25.3 Å². The van der Waals surface area contributed by atoms with Crippen LogP contribution in [0.15, 0.2) is 28.2 Å². The average molecular weight is 413 g/mol. The summed E-state index contributed by atoms with van der Waals surface area (Å²) in [6.45, 7) is 0.819. The van der Waals surface area contributed by atoms with Gasteiger partial charge in [-0.2, -0.15) is 0 Å². The van der Waals surface area contributed by atoms with Crippen molar-refractivity contribution < 1.29 is 14.3 Å². The molecule has 0 saturated carbocycles. The normalized spacial score (nSPS) is 10.8. The minimum absolute atomic E-state index is 0.0276. The summed E-state index contributed by atoms with van der Waals surface area (Å²) in [4.78, 5) is 40.5. The van der Waals surface area contributed by atoms with Crippen LogP contribution in [0.4, 0.5) is 0 Å². The summed E-state index contributed by atoms with van der Waals surface area (Å²) in [6.07, 6.45) is 0.633. The van der Waals surface area contributed by atoms with Crippen LogP contribution in [0.1, 0.15) is 6.42 Å². The summed E-state index contributed by atoms with van der Waals surface area (Å²) in [7, 11) is 3.09. The number of carbonyl (C=O) groups excluding carboxylic acids is 2. The number of rotatable bonds is 9. The number of aromatic nitrogens is 2. The molecule has 146 valence electrons. The zero-order valence-electron chi connectivity index (χ0n) is 15.1. The van der Waals surface area contributed by atoms with Crippen LogP contribution in [0, 0.1) is 0 Å². The molecule has 0 atom stereocenters. The second kappa shape index (κ2) is 10.3. The van der Waals surface area contributed by atoms with E-state index in [4.69, 9.17) is 16.3 Å². The van der Waals surface area contributed by atoms with Crippen LogP contribution in [0.5, 0.6) is 0 Å². The van der Waals surface area contributed by atoms with Gasteiger partial charge in [0.25, 0.3) is 5.56 Å². The van der Waals surface area contributed by atoms with E-state index < -0.39 is 0 Å². The molecule has 1 heterocycles. The van der Waals surface area contributed by atoms with E-state index in [9.17, 15) is 14.4 Å². The molecule has 0 spiro atoms. The molecule has 0 radical (unpaired) electrons. The number of likely N-dealkylation sites (N-methyl/N-ethyl adjacent to an activating group) is 1. The molecule has 10 heteroatoms. The van der Waals surface area contributed by atoms with Crippen LogP contribution in [0.2, 0.25) is 5.02 Å². The highest BCUT2D eigenvalue weighted by atomic mass is 35.5. The Kier molecular flexibility index (Phi) is 8.08. The number of fused-ring (bicyclic) bond motifs is 1. The molecule has 0 aliphatic rings. The number of amides is 2. The van der Waals surface area contributed by atoms with E-state index in [1.165, 1.54) is 11.6 Å². The summed E-state index contributed by atoms with van der Waals surface area (Å²) in [5.74, 6) is -0.587. The van der Waals surface area contributed by atoms with Gasteiger partial charge in [0.1, 0.15) is 0 Å². The van der Waals surface area contributed by atoms with Crippen molar-refractivity contribution in [3.63, 3.8) is 0 Å². The number of hydrogen-bond acceptors (Lipinski definition) is 6. The van der Waals surface area contributed by atoms with Crippen molar-refractivity contribution in [2.24, 2.45) is 0 Å². The van der Waals surface area contributed by atoms with Crippen molar-refractivity contribution in [3.8, 4) is 0 Å². The van der Waals surface area contributed by atoms with Crippen LogP contribution in [-0.4, -0.2) is 54.4 Å². The number of nitrogens with zero attached hydrogens (tertiary/aromatic N) is 2. The molecule has 2 N–H and O–H groups in total. The summed E-state index contributed by atoms with van der Waals surface area (Å²) >= 11 is 7.14. The first-order valence-corrected chi connectivity index (χ1v) is 9.61. The van der Waals surface area contributed by atoms with Crippen LogP contribution in [0.25, 0.3) is 10.9 Å². The summed E-state index contributed by atoms with van der Waals surface area (Å²) < 4.78 is 6.58. The Morgan fingerprint density at radius 1 is 1.33 bits per heavy atom. The average Bonchev–Trinajstić information content (AvgIpc) is 2.66. The highest BCUT2D eigenvalue weighted by Gasteiger charge is 2.14. The third-order valence-electron chi connectivity index (χ3n) is 3.67. The standard InChI is InChI=1S/C17H21ClN4O4S/c1-19-14(23)9-20-15(24)10-27-17-21-13-8-11(18)4-5-12(13)16(25)22(17)6-3-7-26-2/h4-5,8H,3,6-7,9-10H2,1-2H3,(H,19,23)(H,20,24). The fraction of sp³-hybridized carbons (Fsp3) is 0.412. The van der Waals surface area contributed by atoms with Gasteiger partial charge in [0.2, 0.25) is 11.8 Å². The minimum Gasteiger partial charge on any atom is -0.385 e. The Labute approximate surface area is 165 Å². The number of hydrogen-bond donors (Lipinski definition) is 2. The highest BCUT2D eigenvalue weighted by molar-refractivity contribution is 7.99. The van der Waals surface area contributed by atoms with Gasteiger partial charge in [0.05, 0.1) is 23.2 Å². The minimum atomic E-state index is -0.326. The first-order chi connectivity index (χ1) is 13.0. The van der Waals surface area contributed by atoms with E-state index in [-0.39, 0.29) is 29.7 Å². The molecule has 2 aromatic rings. The lowest BCUT2D eigenvalue weighted by molar-refractivity contribution is -0.124. The maximum atomic E-state index is 12.8. The molecular weight excluding hydrogens is 392 g/mol. The molecule has 0 aliphatic carbocycles. The molecule has 8 nitrogen and oxygen atoms in total. The van der Waals surface area contributed by atoms with Gasteiger partial charge < -0.3 is 15.4 Å². The fourth-order valence-corrected chi connectivity index (χ4v) is 3.32. The molecule has 1 aromatic carbocycles. The Balaban J connectivity index is 2.23. The number of nitrogens with one attached hydrogen (secondary N) is 2. The number of halogens is 1. The molecular formula is C17H21ClN4O4S. The zero-order chi connectivity index (χ0) is 19.8. The molecule has 1 aromatic heterocycles. The summed E-state index contributed by atoms with van der Waals surface area (Å²) in [6, 6.07) is 4.91. The Morgan fingerprint density at radius 3 is 2.81 bits per heavy atom. The van der Waals surface area contributed by atoms with Crippen LogP contribution in [0.3, 0.4) is 0 Å². The van der Waals surface area contributed by atoms with E-state index >= 15 is 0 Å². The molecule has 0 aliphatic heterocycles. The number of carbonyl (C=O) groups is 2. The predicted octanol–water partition coefficient (Wildman–Crippen LogP) is 1.04. The third kappa shape index (κ3) is 5.95. The van der Waals surface area contributed by atoms with Gasteiger partial charge in [-0.1, -0.05) is 23.4 Å². The van der Waals surface area contributed by atoms with Crippen molar-refractivity contribution in [1.82, 2.24) is 20.2 Å². The van der Waals surface area contributed by atoms with Gasteiger partial charge in [-0.05, 0) is 24.6 Å². The number of benzene rings is 1. The number of methoxy groups -OCH3 is 1. The van der Waals surface area contributed by atoms with E-state index in [2.05, 4.69) is 15.6 Å². The molecule has 0 bridgehead atoms. The van der Waals surface area contributed by atoms with Crippen LogP contribution < -0.4 is 16.2 Å². The van der Waals surface area contributed by atoms with E-state index in [1.807, 2.05) is 0 Å². The first-order valence-electron chi connectivity index (χ1n) is 8.25. The SMILES string of the molecule is CNC(=O)CNC(=O)CSc1nc2cc(Cl)ccc2c(=O)n1CCCOC. The summed E-state index contributed by atoms with van der Waals surface area (Å²) in [5, 5.41) is 6.29. The maximum absolute atomic E-state index is 12.8. The smallest absolute Gasteiger partial charge is 0.262 e. The highest BCUT2D eigenvalue weighted by Crippen LogP contribution is 2.20. The van der Waals surface area contributed by atoms with Gasteiger partial charge in [-0.3, -0.25) is 19.0 Å². The zero-order valence-corrected chi connectivity index (χ0v) is 16.7. The fourth-order valence-electron chi connectivity index (χ4n) is 2.30. The molecule has 0 unspecified atom stereocenters. The van der Waals surface area contributed by atoms with Gasteiger partial charge >= 0.3 is 0 Å². The third-order valence-corrected chi connectivity index (χ3v) is 4.88. The lowest BCUT2D eigenvalue weighted by atomic mass is 10.2. The van der Waals surface area contributed by atoms with Crippen LogP contribution >= 0.6 is 23.4 Å². The van der Waals surface area contributed by atoms with Crippen molar-refractivity contribution in [2.45, 2.75) is 18.1 Å². The molecule has 2 amide bonds. The Bertz CT molecular complexity index is 887. The topological polar surface area (TPSA) is 102 Å². The number of ether oxygens (including phenoxy) is 1. The Morgan fingerprint density at radius 2 is 2.11 bits per heavy atom. The molecule has 2 rings (SSSR count). The second-order valence-electron chi connectivity index (χ2n) is 5.60. The van der Waals surface area contributed by atoms with Crippen molar-refractivity contribution >= 4 is 46.1 Å². The molecule has 27 heavy (non-hydrogen) atoms. The van der Waals surface area contributed by atoms with Gasteiger partial charge in [-0.25, -0.2) is 4.98 Å². The monoisotopic (exact) mass is 412 g/mol. The second-order valence-corrected chi connectivity index (χ2v) is 6.98. The van der Waals surface area contributed by atoms with Crippen LogP contribution in [-0.2, 0) is 20.9 Å².